The summed E-state index contributed by atoms with van der Waals surface area (Å²) < 4.78 is 18.9. The van der Waals surface area contributed by atoms with Gasteiger partial charge in [-0.05, 0) is 30.9 Å². The third kappa shape index (κ3) is 3.75. The zero-order chi connectivity index (χ0) is 16.1. The minimum Gasteiger partial charge on any atom is -0.494 e. The van der Waals surface area contributed by atoms with Gasteiger partial charge in [0.05, 0.1) is 13.5 Å². The van der Waals surface area contributed by atoms with Crippen molar-refractivity contribution < 1.29 is 23.8 Å². The highest BCUT2D eigenvalue weighted by atomic mass is 19.1. The summed E-state index contributed by atoms with van der Waals surface area (Å²) in [5.41, 5.74) is 0.432. The molecule has 0 radical (unpaired) electrons. The fourth-order valence-electron chi connectivity index (χ4n) is 2.87. The van der Waals surface area contributed by atoms with Crippen molar-refractivity contribution in [3.8, 4) is 5.75 Å². The number of hydrogen-bond donors (Lipinski definition) is 1. The molecular weight excluding hydrogens is 289 g/mol. The van der Waals surface area contributed by atoms with E-state index in [1.54, 1.807) is 17.0 Å². The first-order chi connectivity index (χ1) is 10.5. The lowest BCUT2D eigenvalue weighted by molar-refractivity contribution is -0.139. The summed E-state index contributed by atoms with van der Waals surface area (Å²) in [4.78, 5) is 24.7. The Balaban J connectivity index is 1.96. The molecule has 0 spiro atoms. The van der Waals surface area contributed by atoms with Crippen LogP contribution in [0.4, 0.5) is 4.39 Å². The average molecular weight is 309 g/mol. The molecule has 1 aliphatic rings. The zero-order valence-corrected chi connectivity index (χ0v) is 12.5. The number of nitrogens with zero attached hydrogens (tertiary/aromatic N) is 1. The van der Waals surface area contributed by atoms with Gasteiger partial charge in [-0.1, -0.05) is 12.1 Å². The van der Waals surface area contributed by atoms with E-state index in [2.05, 4.69) is 0 Å². The van der Waals surface area contributed by atoms with Crippen LogP contribution >= 0.6 is 0 Å². The minimum atomic E-state index is -0.899. The summed E-state index contributed by atoms with van der Waals surface area (Å²) in [7, 11) is 1.40. The van der Waals surface area contributed by atoms with Crippen LogP contribution in [0.2, 0.25) is 0 Å². The summed E-state index contributed by atoms with van der Waals surface area (Å²) in [5.74, 6) is -1.30. The van der Waals surface area contributed by atoms with Crippen LogP contribution in [-0.2, 0) is 16.0 Å². The molecule has 0 aromatic heterocycles. The first-order valence-electron chi connectivity index (χ1n) is 7.35. The molecule has 0 bridgehead atoms. The highest BCUT2D eigenvalue weighted by Gasteiger charge is 2.30. The number of carboxylic acids is 1. The summed E-state index contributed by atoms with van der Waals surface area (Å²) in [5, 5.41) is 8.87. The number of halogens is 1. The van der Waals surface area contributed by atoms with E-state index in [0.29, 0.717) is 18.5 Å². The lowest BCUT2D eigenvalue weighted by Gasteiger charge is -2.23. The summed E-state index contributed by atoms with van der Waals surface area (Å²) >= 11 is 0. The number of ether oxygens (including phenoxy) is 1. The first-order valence-corrected chi connectivity index (χ1v) is 7.35. The Morgan fingerprint density at radius 1 is 1.45 bits per heavy atom. The number of aryl methyl sites for hydroxylation is 1. The Bertz CT molecular complexity index is 561. The van der Waals surface area contributed by atoms with Crippen LogP contribution in [0.15, 0.2) is 18.2 Å². The van der Waals surface area contributed by atoms with Gasteiger partial charge in [-0.2, -0.15) is 0 Å². The Morgan fingerprint density at radius 2 is 2.23 bits per heavy atom. The lowest BCUT2D eigenvalue weighted by atomic mass is 10.1. The van der Waals surface area contributed by atoms with Gasteiger partial charge in [-0.3, -0.25) is 9.59 Å². The second-order valence-corrected chi connectivity index (χ2v) is 5.41. The Morgan fingerprint density at radius 3 is 2.91 bits per heavy atom. The van der Waals surface area contributed by atoms with Crippen LogP contribution in [0, 0.1) is 5.82 Å². The summed E-state index contributed by atoms with van der Waals surface area (Å²) in [6, 6.07) is 4.61. The minimum absolute atomic E-state index is 0.0285. The normalized spacial score (nSPS) is 17.5. The molecule has 5 nitrogen and oxygen atoms in total. The van der Waals surface area contributed by atoms with Gasteiger partial charge >= 0.3 is 5.97 Å². The molecule has 1 aromatic rings. The molecule has 1 atom stereocenters. The number of hydrogen-bond acceptors (Lipinski definition) is 3. The van der Waals surface area contributed by atoms with Gasteiger partial charge in [-0.25, -0.2) is 4.39 Å². The molecule has 22 heavy (non-hydrogen) atoms. The average Bonchev–Trinajstić information content (AvgIpc) is 2.93. The molecule has 2 rings (SSSR count). The van der Waals surface area contributed by atoms with Gasteiger partial charge in [0.25, 0.3) is 0 Å². The number of rotatable bonds is 6. The molecule has 1 amide bonds. The maximum atomic E-state index is 14.0. The van der Waals surface area contributed by atoms with E-state index < -0.39 is 11.8 Å². The highest BCUT2D eigenvalue weighted by molar-refractivity contribution is 5.78. The fourth-order valence-corrected chi connectivity index (χ4v) is 2.87. The Hall–Kier alpha value is -2.11. The molecule has 6 heteroatoms. The van der Waals surface area contributed by atoms with E-state index in [9.17, 15) is 14.0 Å². The molecule has 0 unspecified atom stereocenters. The number of amides is 1. The van der Waals surface area contributed by atoms with Crippen molar-refractivity contribution in [2.24, 2.45) is 0 Å². The van der Waals surface area contributed by atoms with E-state index in [0.717, 1.165) is 6.42 Å². The second kappa shape index (κ2) is 7.24. The van der Waals surface area contributed by atoms with Crippen LogP contribution in [-0.4, -0.2) is 41.6 Å². The second-order valence-electron chi connectivity index (χ2n) is 5.41. The maximum Gasteiger partial charge on any atom is 0.305 e. The SMILES string of the molecule is COc1cccc(CCC(=O)N2CCC[C@@H]2CC(=O)O)c1F. The van der Waals surface area contributed by atoms with Gasteiger partial charge in [0.1, 0.15) is 0 Å². The van der Waals surface area contributed by atoms with Gasteiger partial charge < -0.3 is 14.7 Å². The van der Waals surface area contributed by atoms with Gasteiger partial charge in [0, 0.05) is 19.0 Å². The highest BCUT2D eigenvalue weighted by Crippen LogP contribution is 2.24. The Kier molecular flexibility index (Phi) is 5.35. The number of carbonyl (C=O) groups is 2. The van der Waals surface area contributed by atoms with E-state index in [1.165, 1.54) is 13.2 Å². The number of carboxylic acid groups (broad SMARTS) is 1. The molecule has 1 N–H and O–H groups in total. The predicted molar refractivity (Wildman–Crippen MR) is 78.3 cm³/mol. The molecule has 1 heterocycles. The molecule has 1 fully saturated rings. The van der Waals surface area contributed by atoms with Crippen LogP contribution in [0.5, 0.6) is 5.75 Å². The van der Waals surface area contributed by atoms with Crippen molar-refractivity contribution in [1.82, 2.24) is 4.90 Å². The molecule has 1 aromatic carbocycles. The third-order valence-corrected chi connectivity index (χ3v) is 3.98. The molecule has 0 aliphatic carbocycles. The fraction of sp³-hybridized carbons (Fsp3) is 0.500. The largest absolute Gasteiger partial charge is 0.494 e. The van der Waals surface area contributed by atoms with Crippen molar-refractivity contribution in [2.45, 2.75) is 38.1 Å². The van der Waals surface area contributed by atoms with Gasteiger partial charge in [0.15, 0.2) is 11.6 Å². The van der Waals surface area contributed by atoms with Crippen molar-refractivity contribution >= 4 is 11.9 Å². The van der Waals surface area contributed by atoms with Crippen molar-refractivity contribution in [1.29, 1.82) is 0 Å². The number of benzene rings is 1. The number of methoxy groups -OCH3 is 1. The number of carbonyl (C=O) groups excluding carboxylic acids is 1. The van der Waals surface area contributed by atoms with Crippen molar-refractivity contribution in [2.75, 3.05) is 13.7 Å². The molecule has 1 saturated heterocycles. The van der Waals surface area contributed by atoms with E-state index >= 15 is 0 Å². The standard InChI is InChI=1S/C16H20FNO4/c1-22-13-6-2-4-11(16(13)17)7-8-14(19)18-9-3-5-12(18)10-15(20)21/h2,4,6,12H,3,5,7-10H2,1H3,(H,20,21)/t12-/m1/s1. The van der Waals surface area contributed by atoms with Crippen LogP contribution in [0.3, 0.4) is 0 Å². The van der Waals surface area contributed by atoms with Crippen LogP contribution in [0.1, 0.15) is 31.2 Å². The quantitative estimate of drug-likeness (QED) is 0.875. The summed E-state index contributed by atoms with van der Waals surface area (Å²) in [6.45, 7) is 0.581. The monoisotopic (exact) mass is 309 g/mol. The van der Waals surface area contributed by atoms with E-state index in [-0.39, 0.29) is 37.0 Å². The van der Waals surface area contributed by atoms with Crippen LogP contribution in [0.25, 0.3) is 0 Å². The zero-order valence-electron chi connectivity index (χ0n) is 12.5. The van der Waals surface area contributed by atoms with E-state index in [1.807, 2.05) is 0 Å². The van der Waals surface area contributed by atoms with E-state index in [4.69, 9.17) is 9.84 Å². The molecule has 0 saturated carbocycles. The molecular formula is C16H20FNO4. The molecule has 120 valence electrons. The van der Waals surface area contributed by atoms with Crippen LogP contribution < -0.4 is 4.74 Å². The smallest absolute Gasteiger partial charge is 0.305 e. The third-order valence-electron chi connectivity index (χ3n) is 3.98. The predicted octanol–water partition coefficient (Wildman–Crippen LogP) is 2.23. The van der Waals surface area contributed by atoms with Gasteiger partial charge in [-0.15, -0.1) is 0 Å². The number of aliphatic carboxylic acids is 1. The topological polar surface area (TPSA) is 66.8 Å². The summed E-state index contributed by atoms with van der Waals surface area (Å²) in [6.07, 6.45) is 1.94. The Labute approximate surface area is 128 Å². The first kappa shape index (κ1) is 16.3. The molecule has 1 aliphatic heterocycles. The number of likely N-dealkylation sites (tertiary alicyclic amines) is 1. The van der Waals surface area contributed by atoms with Gasteiger partial charge in [0.2, 0.25) is 5.91 Å². The lowest BCUT2D eigenvalue weighted by Crippen LogP contribution is -2.37. The van der Waals surface area contributed by atoms with Crippen molar-refractivity contribution in [3.63, 3.8) is 0 Å². The maximum absolute atomic E-state index is 14.0. The van der Waals surface area contributed by atoms with Crippen molar-refractivity contribution in [3.05, 3.63) is 29.6 Å².